The molecule has 0 bridgehead atoms. The van der Waals surface area contributed by atoms with Crippen LogP contribution in [0.3, 0.4) is 0 Å². The minimum Gasteiger partial charge on any atom is -0.324 e. The van der Waals surface area contributed by atoms with Crippen molar-refractivity contribution in [2.75, 3.05) is 0 Å². The topological polar surface area (TPSA) is 38.9 Å². The molecule has 18 heavy (non-hydrogen) atoms. The highest BCUT2D eigenvalue weighted by Gasteiger charge is 2.08. The molecule has 2 N–H and O–H groups in total. The Morgan fingerprint density at radius 1 is 1.28 bits per heavy atom. The summed E-state index contributed by atoms with van der Waals surface area (Å²) in [4.78, 5) is 4.42. The first kappa shape index (κ1) is 13.1. The third-order valence-corrected chi connectivity index (χ3v) is 3.84. The van der Waals surface area contributed by atoms with Crippen molar-refractivity contribution in [1.29, 1.82) is 0 Å². The monoisotopic (exact) mass is 258 g/mol. The van der Waals surface area contributed by atoms with E-state index in [4.69, 9.17) is 5.73 Å². The predicted octanol–water partition coefficient (Wildman–Crippen LogP) is 3.70. The van der Waals surface area contributed by atoms with Gasteiger partial charge in [0.15, 0.2) is 0 Å². The van der Waals surface area contributed by atoms with Gasteiger partial charge in [0.05, 0.1) is 0 Å². The molecule has 0 radical (unpaired) electrons. The second-order valence-corrected chi connectivity index (χ2v) is 5.43. The van der Waals surface area contributed by atoms with Crippen LogP contribution in [-0.2, 0) is 5.75 Å². The van der Waals surface area contributed by atoms with Gasteiger partial charge in [0, 0.05) is 23.6 Å². The zero-order valence-corrected chi connectivity index (χ0v) is 11.6. The van der Waals surface area contributed by atoms with Gasteiger partial charge in [-0.2, -0.15) is 0 Å². The van der Waals surface area contributed by atoms with E-state index in [0.717, 1.165) is 16.3 Å². The number of benzene rings is 1. The molecule has 3 heteroatoms. The van der Waals surface area contributed by atoms with Gasteiger partial charge in [0.1, 0.15) is 5.03 Å². The molecular weight excluding hydrogens is 240 g/mol. The van der Waals surface area contributed by atoms with E-state index in [1.807, 2.05) is 19.2 Å². The van der Waals surface area contributed by atoms with Gasteiger partial charge in [-0.25, -0.2) is 4.98 Å². The second-order valence-electron chi connectivity index (χ2n) is 4.46. The Hall–Kier alpha value is -1.32. The van der Waals surface area contributed by atoms with E-state index in [1.165, 1.54) is 11.1 Å². The van der Waals surface area contributed by atoms with Crippen LogP contribution in [0.1, 0.15) is 29.7 Å². The highest BCUT2D eigenvalue weighted by atomic mass is 32.2. The first-order chi connectivity index (χ1) is 8.66. The number of aryl methyl sites for hydroxylation is 1. The van der Waals surface area contributed by atoms with Gasteiger partial charge in [0.25, 0.3) is 0 Å². The number of hydrogen-bond acceptors (Lipinski definition) is 3. The van der Waals surface area contributed by atoms with Crippen LogP contribution in [0.25, 0.3) is 0 Å². The molecule has 2 rings (SSSR count). The fourth-order valence-corrected chi connectivity index (χ4v) is 2.86. The molecule has 0 aliphatic carbocycles. The van der Waals surface area contributed by atoms with E-state index in [2.05, 4.69) is 42.2 Å². The Morgan fingerprint density at radius 3 is 2.83 bits per heavy atom. The van der Waals surface area contributed by atoms with E-state index in [1.54, 1.807) is 11.8 Å². The summed E-state index contributed by atoms with van der Waals surface area (Å²) in [6.45, 7) is 4.11. The van der Waals surface area contributed by atoms with Crippen molar-refractivity contribution >= 4 is 11.8 Å². The average Bonchev–Trinajstić information content (AvgIpc) is 2.37. The molecule has 0 unspecified atom stereocenters. The number of thioether (sulfide) groups is 1. The molecule has 0 saturated carbocycles. The van der Waals surface area contributed by atoms with Gasteiger partial charge < -0.3 is 5.73 Å². The summed E-state index contributed by atoms with van der Waals surface area (Å²) < 4.78 is 0. The summed E-state index contributed by atoms with van der Waals surface area (Å²) in [6, 6.07) is 12.6. The van der Waals surface area contributed by atoms with E-state index in [0.29, 0.717) is 0 Å². The number of hydrogen-bond donors (Lipinski definition) is 1. The van der Waals surface area contributed by atoms with Crippen molar-refractivity contribution in [2.24, 2.45) is 5.73 Å². The minimum absolute atomic E-state index is 0.0266. The number of aromatic nitrogens is 1. The lowest BCUT2D eigenvalue weighted by Gasteiger charge is -2.10. The molecule has 94 valence electrons. The van der Waals surface area contributed by atoms with Crippen LogP contribution in [0.15, 0.2) is 47.6 Å². The largest absolute Gasteiger partial charge is 0.324 e. The van der Waals surface area contributed by atoms with Crippen LogP contribution < -0.4 is 5.73 Å². The van der Waals surface area contributed by atoms with Gasteiger partial charge in [0.2, 0.25) is 0 Å². The zero-order valence-electron chi connectivity index (χ0n) is 10.8. The molecule has 1 heterocycles. The number of nitrogens with two attached hydrogens (primary N) is 1. The average molecular weight is 258 g/mol. The molecule has 0 fully saturated rings. The van der Waals surface area contributed by atoms with E-state index in [9.17, 15) is 0 Å². The Balaban J connectivity index is 2.11. The molecule has 0 aliphatic rings. The highest BCUT2D eigenvalue weighted by molar-refractivity contribution is 7.98. The summed E-state index contributed by atoms with van der Waals surface area (Å²) in [6.07, 6.45) is 1.82. The first-order valence-electron chi connectivity index (χ1n) is 6.05. The second kappa shape index (κ2) is 6.03. The number of pyridine rings is 1. The molecule has 0 amide bonds. The third-order valence-electron chi connectivity index (χ3n) is 2.75. The fourth-order valence-electron chi connectivity index (χ4n) is 1.82. The summed E-state index contributed by atoms with van der Waals surface area (Å²) >= 11 is 1.75. The number of nitrogens with zero attached hydrogens (tertiary/aromatic N) is 1. The molecule has 2 nitrogen and oxygen atoms in total. The molecule has 1 atom stereocenters. The van der Waals surface area contributed by atoms with Crippen LogP contribution in [0.4, 0.5) is 0 Å². The highest BCUT2D eigenvalue weighted by Crippen LogP contribution is 2.27. The van der Waals surface area contributed by atoms with Crippen LogP contribution >= 0.6 is 11.8 Å². The van der Waals surface area contributed by atoms with Crippen molar-refractivity contribution in [1.82, 2.24) is 4.98 Å². The van der Waals surface area contributed by atoms with Crippen molar-refractivity contribution in [2.45, 2.75) is 30.7 Å². The van der Waals surface area contributed by atoms with Crippen molar-refractivity contribution in [3.63, 3.8) is 0 Å². The van der Waals surface area contributed by atoms with E-state index in [-0.39, 0.29) is 6.04 Å². The molecule has 1 aromatic heterocycles. The van der Waals surface area contributed by atoms with Gasteiger partial charge in [-0.05, 0) is 25.5 Å². The Labute approximate surface area is 113 Å². The third kappa shape index (κ3) is 3.34. The fraction of sp³-hybridized carbons (Fsp3) is 0.267. The zero-order chi connectivity index (χ0) is 13.0. The normalized spacial score (nSPS) is 12.4. The summed E-state index contributed by atoms with van der Waals surface area (Å²) in [5, 5.41) is 1.04. The lowest BCUT2D eigenvalue weighted by Crippen LogP contribution is -2.07. The van der Waals surface area contributed by atoms with Crippen LogP contribution in [-0.4, -0.2) is 4.98 Å². The summed E-state index contributed by atoms with van der Waals surface area (Å²) in [5.74, 6) is 0.929. The van der Waals surface area contributed by atoms with Gasteiger partial charge in [-0.15, -0.1) is 11.8 Å². The Kier molecular flexibility index (Phi) is 4.39. The molecule has 2 aromatic rings. The SMILES string of the molecule is Cc1cccc(CSc2ncccc2[C@H](C)N)c1. The van der Waals surface area contributed by atoms with Gasteiger partial charge in [-0.1, -0.05) is 35.9 Å². The smallest absolute Gasteiger partial charge is 0.101 e. The maximum atomic E-state index is 5.95. The molecule has 0 saturated heterocycles. The Morgan fingerprint density at radius 2 is 2.11 bits per heavy atom. The van der Waals surface area contributed by atoms with E-state index < -0.39 is 0 Å². The van der Waals surface area contributed by atoms with Crippen LogP contribution in [0, 0.1) is 6.92 Å². The van der Waals surface area contributed by atoms with Crippen molar-refractivity contribution in [3.05, 3.63) is 59.3 Å². The maximum Gasteiger partial charge on any atom is 0.101 e. The maximum absolute atomic E-state index is 5.95. The van der Waals surface area contributed by atoms with E-state index >= 15 is 0 Å². The van der Waals surface area contributed by atoms with Gasteiger partial charge >= 0.3 is 0 Å². The van der Waals surface area contributed by atoms with Crippen molar-refractivity contribution < 1.29 is 0 Å². The number of rotatable bonds is 4. The summed E-state index contributed by atoms with van der Waals surface area (Å²) in [5.41, 5.74) is 9.69. The Bertz CT molecular complexity index is 523. The first-order valence-corrected chi connectivity index (χ1v) is 7.04. The standard InChI is InChI=1S/C15H18N2S/c1-11-5-3-6-13(9-11)10-18-15-14(12(2)16)7-4-8-17-15/h3-9,12H,10,16H2,1-2H3/t12-/m0/s1. The quantitative estimate of drug-likeness (QED) is 0.850. The molecule has 0 aliphatic heterocycles. The summed E-state index contributed by atoms with van der Waals surface area (Å²) in [7, 11) is 0. The minimum atomic E-state index is 0.0266. The lowest BCUT2D eigenvalue weighted by molar-refractivity contribution is 0.779. The van der Waals surface area contributed by atoms with Crippen molar-refractivity contribution in [3.8, 4) is 0 Å². The predicted molar refractivity (Wildman–Crippen MR) is 77.6 cm³/mol. The lowest BCUT2D eigenvalue weighted by atomic mass is 10.2. The van der Waals surface area contributed by atoms with Crippen LogP contribution in [0.2, 0.25) is 0 Å². The molecule has 0 spiro atoms. The van der Waals surface area contributed by atoms with Crippen LogP contribution in [0.5, 0.6) is 0 Å². The molecular formula is C15H18N2S. The van der Waals surface area contributed by atoms with Gasteiger partial charge in [-0.3, -0.25) is 0 Å². The molecule has 1 aromatic carbocycles.